The van der Waals surface area contributed by atoms with Crippen molar-refractivity contribution < 1.29 is 4.79 Å². The van der Waals surface area contributed by atoms with Gasteiger partial charge in [0.05, 0.1) is 5.69 Å². The van der Waals surface area contributed by atoms with Crippen molar-refractivity contribution in [2.45, 2.75) is 52.4 Å². The van der Waals surface area contributed by atoms with Crippen molar-refractivity contribution in [2.75, 3.05) is 0 Å². The van der Waals surface area contributed by atoms with Gasteiger partial charge in [-0.25, -0.2) is 0 Å². The number of H-pyrrole nitrogens is 1. The van der Waals surface area contributed by atoms with Crippen LogP contribution in [0.2, 0.25) is 0 Å². The molecule has 0 fully saturated rings. The van der Waals surface area contributed by atoms with E-state index < -0.39 is 0 Å². The summed E-state index contributed by atoms with van der Waals surface area (Å²) in [5, 5.41) is 1.22. The largest absolute Gasteiger partial charge is 0.352 e. The van der Waals surface area contributed by atoms with Gasteiger partial charge < -0.3 is 4.98 Å². The zero-order valence-corrected chi connectivity index (χ0v) is 12.0. The molecule has 2 nitrogen and oxygen atoms in total. The maximum Gasteiger partial charge on any atom is 0.179 e. The monoisotopic (exact) mass is 257 g/mol. The molecule has 1 N–H and O–H groups in total. The Kier molecular flexibility index (Phi) is 4.78. The number of aryl methyl sites for hydroxylation is 1. The van der Waals surface area contributed by atoms with E-state index in [4.69, 9.17) is 0 Å². The lowest BCUT2D eigenvalue weighted by Crippen LogP contribution is -2.03. The minimum absolute atomic E-state index is 0.268. The zero-order valence-electron chi connectivity index (χ0n) is 12.0. The highest BCUT2D eigenvalue weighted by molar-refractivity contribution is 6.02. The summed E-state index contributed by atoms with van der Waals surface area (Å²) in [5.41, 5.74) is 3.16. The third-order valence-electron chi connectivity index (χ3n) is 3.63. The molecule has 2 rings (SSSR count). The molecule has 0 spiro atoms. The van der Waals surface area contributed by atoms with Crippen LogP contribution in [-0.4, -0.2) is 10.8 Å². The molecule has 1 heterocycles. The maximum atomic E-state index is 12.3. The summed E-state index contributed by atoms with van der Waals surface area (Å²) in [6.45, 7) is 4.31. The molecular formula is C17H23NO. The molecule has 0 radical (unpaired) electrons. The summed E-state index contributed by atoms with van der Waals surface area (Å²) < 4.78 is 0. The number of ketones is 1. The van der Waals surface area contributed by atoms with Crippen LogP contribution >= 0.6 is 0 Å². The van der Waals surface area contributed by atoms with E-state index in [1.165, 1.54) is 10.9 Å². The molecule has 0 aliphatic heterocycles. The third kappa shape index (κ3) is 3.06. The van der Waals surface area contributed by atoms with E-state index in [1.54, 1.807) is 0 Å². The molecule has 0 aliphatic carbocycles. The second kappa shape index (κ2) is 6.55. The minimum Gasteiger partial charge on any atom is -0.352 e. The molecule has 1 aromatic heterocycles. The van der Waals surface area contributed by atoms with Crippen molar-refractivity contribution in [3.8, 4) is 0 Å². The third-order valence-corrected chi connectivity index (χ3v) is 3.63. The van der Waals surface area contributed by atoms with Gasteiger partial charge in [0.15, 0.2) is 5.78 Å². The molecule has 0 aliphatic rings. The highest BCUT2D eigenvalue weighted by atomic mass is 16.1. The van der Waals surface area contributed by atoms with Gasteiger partial charge in [-0.15, -0.1) is 0 Å². The average Bonchev–Trinajstić information content (AvgIpc) is 2.81. The molecule has 19 heavy (non-hydrogen) atoms. The van der Waals surface area contributed by atoms with Crippen LogP contribution in [0.5, 0.6) is 0 Å². The predicted molar refractivity (Wildman–Crippen MR) is 80.8 cm³/mol. The number of aromatic amines is 1. The molecular weight excluding hydrogens is 234 g/mol. The highest BCUT2D eigenvalue weighted by Crippen LogP contribution is 2.25. The Labute approximate surface area is 115 Å². The fourth-order valence-electron chi connectivity index (χ4n) is 2.51. The number of para-hydroxylation sites is 1. The number of aromatic nitrogens is 1. The number of carbonyl (C=O) groups is 1. The first kappa shape index (κ1) is 13.9. The second-order valence-electron chi connectivity index (χ2n) is 5.15. The van der Waals surface area contributed by atoms with E-state index >= 15 is 0 Å². The molecule has 102 valence electrons. The summed E-state index contributed by atoms with van der Waals surface area (Å²) in [6.07, 6.45) is 5.98. The van der Waals surface area contributed by atoms with Crippen LogP contribution in [0.25, 0.3) is 10.9 Å². The lowest BCUT2D eigenvalue weighted by molar-refractivity contribution is 0.0975. The Bertz CT molecular complexity index is 553. The van der Waals surface area contributed by atoms with Gasteiger partial charge >= 0.3 is 0 Å². The molecule has 1 aromatic carbocycles. The smallest absolute Gasteiger partial charge is 0.179 e. The van der Waals surface area contributed by atoms with E-state index in [0.29, 0.717) is 6.42 Å². The fraction of sp³-hybridized carbons (Fsp3) is 0.471. The normalized spacial score (nSPS) is 11.1. The Morgan fingerprint density at radius 3 is 2.58 bits per heavy atom. The summed E-state index contributed by atoms with van der Waals surface area (Å²) in [7, 11) is 0. The van der Waals surface area contributed by atoms with Crippen LogP contribution in [0.3, 0.4) is 0 Å². The summed E-state index contributed by atoms with van der Waals surface area (Å²) in [6, 6.07) is 8.24. The van der Waals surface area contributed by atoms with Gasteiger partial charge in [0.25, 0.3) is 0 Å². The van der Waals surface area contributed by atoms with E-state index in [0.717, 1.165) is 43.3 Å². The molecule has 0 unspecified atom stereocenters. The van der Waals surface area contributed by atoms with E-state index in [-0.39, 0.29) is 5.78 Å². The SMILES string of the molecule is CCCCC(=O)c1[nH]c2ccccc2c1CCCC. The van der Waals surface area contributed by atoms with E-state index in [2.05, 4.69) is 31.0 Å². The lowest BCUT2D eigenvalue weighted by atomic mass is 10.0. The first-order chi connectivity index (χ1) is 9.27. The van der Waals surface area contributed by atoms with Crippen molar-refractivity contribution in [1.82, 2.24) is 4.98 Å². The molecule has 0 saturated carbocycles. The van der Waals surface area contributed by atoms with Crippen LogP contribution in [0, 0.1) is 0 Å². The number of unbranched alkanes of at least 4 members (excludes halogenated alkanes) is 2. The highest BCUT2D eigenvalue weighted by Gasteiger charge is 2.16. The van der Waals surface area contributed by atoms with Crippen LogP contribution in [0.1, 0.15) is 62.0 Å². The molecule has 0 bridgehead atoms. The van der Waals surface area contributed by atoms with Gasteiger partial charge in [0.2, 0.25) is 0 Å². The van der Waals surface area contributed by atoms with Gasteiger partial charge in [0.1, 0.15) is 0 Å². The van der Waals surface area contributed by atoms with Crippen LogP contribution in [0.4, 0.5) is 0 Å². The Hall–Kier alpha value is -1.57. The van der Waals surface area contributed by atoms with Gasteiger partial charge in [0, 0.05) is 17.3 Å². The van der Waals surface area contributed by atoms with Gasteiger partial charge in [-0.1, -0.05) is 44.9 Å². The standard InChI is InChI=1S/C17H23NO/c1-3-5-9-14-13-10-7-8-11-15(13)18-17(14)16(19)12-6-4-2/h7-8,10-11,18H,3-6,9,12H2,1-2H3. The lowest BCUT2D eigenvalue weighted by Gasteiger charge is -2.03. The fourth-order valence-corrected chi connectivity index (χ4v) is 2.51. The molecule has 2 aromatic rings. The van der Waals surface area contributed by atoms with E-state index in [9.17, 15) is 4.79 Å². The molecule has 0 saturated heterocycles. The average molecular weight is 257 g/mol. The number of hydrogen-bond acceptors (Lipinski definition) is 1. The van der Waals surface area contributed by atoms with Crippen molar-refractivity contribution in [3.63, 3.8) is 0 Å². The number of rotatable bonds is 7. The van der Waals surface area contributed by atoms with Crippen molar-refractivity contribution in [3.05, 3.63) is 35.5 Å². The Balaban J connectivity index is 2.37. The van der Waals surface area contributed by atoms with Gasteiger partial charge in [-0.2, -0.15) is 0 Å². The van der Waals surface area contributed by atoms with Gasteiger partial charge in [-0.3, -0.25) is 4.79 Å². The van der Waals surface area contributed by atoms with Crippen molar-refractivity contribution in [1.29, 1.82) is 0 Å². The topological polar surface area (TPSA) is 32.9 Å². The summed E-state index contributed by atoms with van der Waals surface area (Å²) >= 11 is 0. The number of benzene rings is 1. The number of fused-ring (bicyclic) bond motifs is 1. The molecule has 0 atom stereocenters. The summed E-state index contributed by atoms with van der Waals surface area (Å²) in [4.78, 5) is 15.7. The number of hydrogen-bond donors (Lipinski definition) is 1. The number of carbonyl (C=O) groups excluding carboxylic acids is 1. The van der Waals surface area contributed by atoms with Crippen LogP contribution in [-0.2, 0) is 6.42 Å². The van der Waals surface area contributed by atoms with Crippen LogP contribution in [0.15, 0.2) is 24.3 Å². The first-order valence-electron chi connectivity index (χ1n) is 7.40. The Morgan fingerprint density at radius 1 is 1.11 bits per heavy atom. The maximum absolute atomic E-state index is 12.3. The van der Waals surface area contributed by atoms with Crippen molar-refractivity contribution in [2.24, 2.45) is 0 Å². The second-order valence-corrected chi connectivity index (χ2v) is 5.15. The van der Waals surface area contributed by atoms with E-state index in [1.807, 2.05) is 12.1 Å². The van der Waals surface area contributed by atoms with Gasteiger partial charge in [-0.05, 0) is 30.9 Å². The quantitative estimate of drug-likeness (QED) is 0.704. The first-order valence-corrected chi connectivity index (χ1v) is 7.40. The number of Topliss-reactive ketones (excluding diaryl/α,β-unsaturated/α-hetero) is 1. The molecule has 0 amide bonds. The van der Waals surface area contributed by atoms with Crippen LogP contribution < -0.4 is 0 Å². The number of nitrogens with one attached hydrogen (secondary N) is 1. The summed E-state index contributed by atoms with van der Waals surface area (Å²) in [5.74, 6) is 0.268. The zero-order chi connectivity index (χ0) is 13.7. The van der Waals surface area contributed by atoms with Crippen molar-refractivity contribution >= 4 is 16.7 Å². The Morgan fingerprint density at radius 2 is 1.84 bits per heavy atom. The predicted octanol–water partition coefficient (Wildman–Crippen LogP) is 4.88. The minimum atomic E-state index is 0.268. The molecule has 2 heteroatoms.